The van der Waals surface area contributed by atoms with Gasteiger partial charge in [0.2, 0.25) is 0 Å². The Labute approximate surface area is 69.2 Å². The molecule has 4 nitrogen and oxygen atoms in total. The summed E-state index contributed by atoms with van der Waals surface area (Å²) in [5.41, 5.74) is 5.40. The molecule has 62 valence electrons. The summed E-state index contributed by atoms with van der Waals surface area (Å²) in [6, 6.07) is 0.0208. The van der Waals surface area contributed by atoms with E-state index in [-0.39, 0.29) is 12.0 Å². The van der Waals surface area contributed by atoms with Crippen LogP contribution in [0.25, 0.3) is 0 Å². The molecule has 0 aromatic carbocycles. The van der Waals surface area contributed by atoms with Crippen molar-refractivity contribution in [3.63, 3.8) is 0 Å². The zero-order chi connectivity index (χ0) is 8.27. The normalized spacial score (nSPS) is 23.0. The van der Waals surface area contributed by atoms with Crippen molar-refractivity contribution in [2.24, 2.45) is 10.7 Å². The van der Waals surface area contributed by atoms with Crippen molar-refractivity contribution >= 4 is 22.9 Å². The molecule has 0 aliphatic carbocycles. The van der Waals surface area contributed by atoms with Crippen molar-refractivity contribution in [3.8, 4) is 0 Å². The van der Waals surface area contributed by atoms with Crippen LogP contribution in [0.4, 0.5) is 0 Å². The molecule has 1 heterocycles. The Hall–Kier alpha value is -0.710. The van der Waals surface area contributed by atoms with Crippen molar-refractivity contribution in [1.29, 1.82) is 0 Å². The lowest BCUT2D eigenvalue weighted by Gasteiger charge is -2.01. The lowest BCUT2D eigenvalue weighted by molar-refractivity contribution is -0.140. The van der Waals surface area contributed by atoms with Gasteiger partial charge in [-0.15, -0.1) is 0 Å². The van der Waals surface area contributed by atoms with Crippen LogP contribution in [-0.2, 0) is 9.53 Å². The number of hydrogen-bond donors (Lipinski definition) is 1. The molecule has 0 aromatic heterocycles. The van der Waals surface area contributed by atoms with Gasteiger partial charge in [0.05, 0.1) is 19.6 Å². The van der Waals surface area contributed by atoms with Gasteiger partial charge in [0.25, 0.3) is 0 Å². The maximum atomic E-state index is 10.7. The van der Waals surface area contributed by atoms with E-state index >= 15 is 0 Å². The molecule has 0 aromatic rings. The van der Waals surface area contributed by atoms with E-state index in [2.05, 4.69) is 9.73 Å². The number of methoxy groups -OCH3 is 1. The third kappa shape index (κ3) is 2.42. The van der Waals surface area contributed by atoms with Crippen LogP contribution in [-0.4, -0.2) is 30.0 Å². The van der Waals surface area contributed by atoms with Gasteiger partial charge in [-0.25, -0.2) is 0 Å². The molecule has 5 heteroatoms. The Morgan fingerprint density at radius 2 is 2.73 bits per heavy atom. The number of amidine groups is 1. The van der Waals surface area contributed by atoms with Crippen molar-refractivity contribution in [1.82, 2.24) is 0 Å². The predicted octanol–water partition coefficient (Wildman–Crippen LogP) is -0.0204. The third-order valence-corrected chi connectivity index (χ3v) is 2.32. The smallest absolute Gasteiger partial charge is 0.307 e. The summed E-state index contributed by atoms with van der Waals surface area (Å²) in [5.74, 6) is 0.565. The molecular formula is C6H10N2O2S. The van der Waals surface area contributed by atoms with Crippen molar-refractivity contribution < 1.29 is 9.53 Å². The van der Waals surface area contributed by atoms with Gasteiger partial charge in [-0.05, 0) is 0 Å². The van der Waals surface area contributed by atoms with E-state index < -0.39 is 0 Å². The number of aliphatic imine (C=N–C) groups is 1. The van der Waals surface area contributed by atoms with Crippen LogP contribution in [0.1, 0.15) is 6.42 Å². The highest BCUT2D eigenvalue weighted by atomic mass is 32.2. The van der Waals surface area contributed by atoms with Gasteiger partial charge in [-0.1, -0.05) is 11.8 Å². The van der Waals surface area contributed by atoms with E-state index in [1.165, 1.54) is 18.9 Å². The number of nitrogens with two attached hydrogens (primary N) is 1. The number of carbonyl (C=O) groups excluding carboxylic acids is 1. The van der Waals surface area contributed by atoms with Crippen molar-refractivity contribution in [2.75, 3.05) is 12.9 Å². The molecule has 0 bridgehead atoms. The summed E-state index contributed by atoms with van der Waals surface area (Å²) in [5, 5.41) is 0.568. The van der Waals surface area contributed by atoms with Gasteiger partial charge in [0.1, 0.15) is 0 Å². The first-order chi connectivity index (χ1) is 5.22. The Morgan fingerprint density at radius 1 is 2.00 bits per heavy atom. The van der Waals surface area contributed by atoms with Gasteiger partial charge in [0.15, 0.2) is 5.17 Å². The molecule has 0 saturated heterocycles. The summed E-state index contributed by atoms with van der Waals surface area (Å²) in [6.45, 7) is 0. The zero-order valence-corrected chi connectivity index (χ0v) is 7.06. The minimum Gasteiger partial charge on any atom is -0.469 e. The van der Waals surface area contributed by atoms with Crippen molar-refractivity contribution in [2.45, 2.75) is 12.5 Å². The van der Waals surface area contributed by atoms with Gasteiger partial charge >= 0.3 is 5.97 Å². The maximum absolute atomic E-state index is 10.7. The molecule has 0 saturated carbocycles. The fraction of sp³-hybridized carbons (Fsp3) is 0.667. The Bertz CT molecular complexity index is 193. The lowest BCUT2D eigenvalue weighted by Crippen LogP contribution is -2.12. The number of ether oxygens (including phenoxy) is 1. The second-order valence-corrected chi connectivity index (χ2v) is 3.25. The minimum atomic E-state index is -0.228. The number of hydrogen-bond acceptors (Lipinski definition) is 5. The fourth-order valence-electron chi connectivity index (χ4n) is 0.816. The second kappa shape index (κ2) is 3.61. The van der Waals surface area contributed by atoms with Gasteiger partial charge in [0, 0.05) is 5.75 Å². The maximum Gasteiger partial charge on any atom is 0.307 e. The molecule has 0 fully saturated rings. The van der Waals surface area contributed by atoms with Crippen LogP contribution in [0, 0.1) is 0 Å². The molecule has 1 rings (SSSR count). The van der Waals surface area contributed by atoms with Gasteiger partial charge < -0.3 is 10.5 Å². The van der Waals surface area contributed by atoms with E-state index in [1.54, 1.807) is 0 Å². The molecule has 0 spiro atoms. The summed E-state index contributed by atoms with van der Waals surface area (Å²) in [7, 11) is 1.37. The van der Waals surface area contributed by atoms with Gasteiger partial charge in [-0.3, -0.25) is 9.79 Å². The number of esters is 1. The number of carbonyl (C=O) groups is 1. The van der Waals surface area contributed by atoms with Crippen LogP contribution in [0.3, 0.4) is 0 Å². The fourth-order valence-corrected chi connectivity index (χ4v) is 1.60. The third-order valence-electron chi connectivity index (χ3n) is 1.36. The molecule has 11 heavy (non-hydrogen) atoms. The summed E-state index contributed by atoms with van der Waals surface area (Å²) >= 11 is 1.48. The molecule has 1 aliphatic rings. The highest BCUT2D eigenvalue weighted by Gasteiger charge is 2.19. The average molecular weight is 174 g/mol. The monoisotopic (exact) mass is 174 g/mol. The molecule has 1 atom stereocenters. The second-order valence-electron chi connectivity index (χ2n) is 2.21. The molecular weight excluding hydrogens is 164 g/mol. The van der Waals surface area contributed by atoms with Crippen molar-refractivity contribution in [3.05, 3.63) is 0 Å². The van der Waals surface area contributed by atoms with E-state index in [9.17, 15) is 4.79 Å². The van der Waals surface area contributed by atoms with Gasteiger partial charge in [-0.2, -0.15) is 0 Å². The van der Waals surface area contributed by atoms with E-state index in [4.69, 9.17) is 5.73 Å². The van der Waals surface area contributed by atoms with Crippen LogP contribution in [0.15, 0.2) is 4.99 Å². The van der Waals surface area contributed by atoms with E-state index in [0.717, 1.165) is 5.75 Å². The SMILES string of the molecule is COC(=O)CC1CSC(N)=N1. The van der Waals surface area contributed by atoms with Crippen LogP contribution in [0.2, 0.25) is 0 Å². The topological polar surface area (TPSA) is 64.7 Å². The average Bonchev–Trinajstić information content (AvgIpc) is 2.35. The Balaban J connectivity index is 2.34. The predicted molar refractivity (Wildman–Crippen MR) is 44.5 cm³/mol. The highest BCUT2D eigenvalue weighted by Crippen LogP contribution is 2.17. The summed E-state index contributed by atoms with van der Waals surface area (Å²) < 4.78 is 4.49. The minimum absolute atomic E-state index is 0.0208. The van der Waals surface area contributed by atoms with Crippen LogP contribution < -0.4 is 5.73 Å². The van der Waals surface area contributed by atoms with E-state index in [1.807, 2.05) is 0 Å². The first-order valence-electron chi connectivity index (χ1n) is 3.25. The first kappa shape index (κ1) is 8.39. The lowest BCUT2D eigenvalue weighted by atomic mass is 10.2. The van der Waals surface area contributed by atoms with E-state index in [0.29, 0.717) is 11.6 Å². The molecule has 1 aliphatic heterocycles. The summed E-state index contributed by atoms with van der Waals surface area (Å²) in [6.07, 6.45) is 0.338. The first-order valence-corrected chi connectivity index (χ1v) is 4.24. The van der Waals surface area contributed by atoms with Crippen LogP contribution >= 0.6 is 11.8 Å². The summed E-state index contributed by atoms with van der Waals surface area (Å²) in [4.78, 5) is 14.8. The largest absolute Gasteiger partial charge is 0.469 e. The standard InChI is InChI=1S/C6H10N2O2S/c1-10-5(9)2-4-3-11-6(7)8-4/h4H,2-3H2,1H3,(H2,7,8). The number of rotatable bonds is 2. The Morgan fingerprint density at radius 3 is 3.18 bits per heavy atom. The molecule has 2 N–H and O–H groups in total. The highest BCUT2D eigenvalue weighted by molar-refractivity contribution is 8.14. The molecule has 0 radical (unpaired) electrons. The van der Waals surface area contributed by atoms with Crippen LogP contribution in [0.5, 0.6) is 0 Å². The zero-order valence-electron chi connectivity index (χ0n) is 6.24. The number of thioether (sulfide) groups is 1. The molecule has 1 unspecified atom stereocenters. The Kier molecular flexibility index (Phi) is 2.76. The molecule has 0 amide bonds. The number of nitrogens with zero attached hydrogens (tertiary/aromatic N) is 1. The quantitative estimate of drug-likeness (QED) is 0.597.